The van der Waals surface area contributed by atoms with E-state index in [2.05, 4.69) is 27.0 Å². The molecule has 3 saturated heterocycles. The van der Waals surface area contributed by atoms with Gasteiger partial charge in [0.1, 0.15) is 11.8 Å². The van der Waals surface area contributed by atoms with Gasteiger partial charge in [-0.15, -0.1) is 5.11 Å². The van der Waals surface area contributed by atoms with Gasteiger partial charge in [-0.2, -0.15) is 10.4 Å². The Morgan fingerprint density at radius 1 is 1.12 bits per heavy atom. The second kappa shape index (κ2) is 9.42. The van der Waals surface area contributed by atoms with Gasteiger partial charge in [-0.05, 0) is 37.3 Å². The first-order valence-corrected chi connectivity index (χ1v) is 11.0. The van der Waals surface area contributed by atoms with Crippen molar-refractivity contribution in [1.82, 2.24) is 4.90 Å². The van der Waals surface area contributed by atoms with E-state index in [0.717, 1.165) is 18.8 Å². The molecule has 2 aromatic carbocycles. The molecule has 0 unspecified atom stereocenters. The Labute approximate surface area is 187 Å². The third-order valence-electron chi connectivity index (χ3n) is 6.70. The average molecular weight is 435 g/mol. The molecule has 0 saturated carbocycles. The van der Waals surface area contributed by atoms with E-state index in [1.165, 1.54) is 68.5 Å². The van der Waals surface area contributed by atoms with Crippen LogP contribution in [-0.4, -0.2) is 73.2 Å². The normalized spacial score (nSPS) is 22.1. The quantitative estimate of drug-likeness (QED) is 0.272. The van der Waals surface area contributed by atoms with Crippen LogP contribution in [0.4, 0.5) is 22.7 Å². The number of nitro groups is 1. The van der Waals surface area contributed by atoms with Crippen molar-refractivity contribution in [2.45, 2.75) is 6.92 Å². The number of nitrogens with zero attached hydrogens (tertiary/aromatic N) is 7. The first-order valence-electron chi connectivity index (χ1n) is 11.0. The van der Waals surface area contributed by atoms with Crippen molar-refractivity contribution >= 4 is 22.7 Å². The molecule has 0 spiro atoms. The zero-order valence-corrected chi connectivity index (χ0v) is 18.4. The molecule has 9 heteroatoms. The first kappa shape index (κ1) is 21.9. The third kappa shape index (κ3) is 4.77. The lowest BCUT2D eigenvalue weighted by Gasteiger charge is -2.51. The zero-order valence-electron chi connectivity index (χ0n) is 18.4. The fraction of sp³-hybridized carbons (Fsp3) is 0.435. The number of fused-ring (bicyclic) bond motifs is 3. The minimum atomic E-state index is -0.532. The largest absolute Gasteiger partial charge is 0.366 e. The van der Waals surface area contributed by atoms with Crippen LogP contribution in [-0.2, 0) is 0 Å². The molecule has 2 bridgehead atoms. The number of benzene rings is 2. The van der Waals surface area contributed by atoms with Crippen LogP contribution < -0.4 is 4.90 Å². The highest BCUT2D eigenvalue weighted by molar-refractivity contribution is 5.58. The molecular formula is C23H28N7O2+. The predicted molar refractivity (Wildman–Crippen MR) is 122 cm³/mol. The molecule has 3 aliphatic heterocycles. The summed E-state index contributed by atoms with van der Waals surface area (Å²) in [6.07, 6.45) is 0. The fourth-order valence-electron chi connectivity index (χ4n) is 4.53. The van der Waals surface area contributed by atoms with Crippen molar-refractivity contribution < 1.29 is 9.41 Å². The van der Waals surface area contributed by atoms with Gasteiger partial charge >= 0.3 is 0 Å². The molecule has 32 heavy (non-hydrogen) atoms. The van der Waals surface area contributed by atoms with Crippen molar-refractivity contribution in [3.63, 3.8) is 0 Å². The van der Waals surface area contributed by atoms with Gasteiger partial charge in [0, 0.05) is 44.0 Å². The molecule has 166 valence electrons. The van der Waals surface area contributed by atoms with Gasteiger partial charge in [-0.25, -0.2) is 0 Å². The number of nitriles is 1. The molecule has 0 aliphatic carbocycles. The summed E-state index contributed by atoms with van der Waals surface area (Å²) < 4.78 is 1.25. The highest BCUT2D eigenvalue weighted by Crippen LogP contribution is 2.27. The first-order chi connectivity index (χ1) is 15.5. The fourth-order valence-corrected chi connectivity index (χ4v) is 4.53. The van der Waals surface area contributed by atoms with E-state index in [4.69, 9.17) is 0 Å². The summed E-state index contributed by atoms with van der Waals surface area (Å²) in [6.45, 7) is 12.8. The Morgan fingerprint density at radius 2 is 1.81 bits per heavy atom. The van der Waals surface area contributed by atoms with Crippen LogP contribution >= 0.6 is 0 Å². The van der Waals surface area contributed by atoms with E-state index in [1.807, 2.05) is 30.3 Å². The number of piperazine rings is 3. The van der Waals surface area contributed by atoms with Crippen LogP contribution in [0, 0.1) is 21.4 Å². The number of anilines is 1. The van der Waals surface area contributed by atoms with E-state index in [1.54, 1.807) is 0 Å². The van der Waals surface area contributed by atoms with Gasteiger partial charge in [-0.1, -0.05) is 0 Å². The Kier molecular flexibility index (Phi) is 6.44. The maximum absolute atomic E-state index is 10.9. The Bertz CT molecular complexity index is 1020. The van der Waals surface area contributed by atoms with Crippen LogP contribution in [0.2, 0.25) is 0 Å². The van der Waals surface area contributed by atoms with E-state index < -0.39 is 4.92 Å². The van der Waals surface area contributed by atoms with Crippen molar-refractivity contribution in [2.24, 2.45) is 10.2 Å². The van der Waals surface area contributed by atoms with Gasteiger partial charge in [0.15, 0.2) is 0 Å². The molecule has 3 aliphatic rings. The number of non-ortho nitro benzene ring substituents is 1. The molecule has 0 atom stereocenters. The standard InChI is InChI=1S/C23H28N7O2/c1-2-28(12-16-30-13-9-27(10-14-30)11-15-30)21-5-3-20(4-6-21)25-26-23-8-7-22(29(31)32)17-19(23)18-24/h3-8,17H,2,9-16H2,1H3/q+1. The van der Waals surface area contributed by atoms with E-state index in [9.17, 15) is 15.4 Å². The van der Waals surface area contributed by atoms with Crippen molar-refractivity contribution in [3.8, 4) is 6.07 Å². The Balaban J connectivity index is 1.41. The summed E-state index contributed by atoms with van der Waals surface area (Å²) in [7, 11) is 0. The van der Waals surface area contributed by atoms with Crippen molar-refractivity contribution in [2.75, 3.05) is 63.8 Å². The van der Waals surface area contributed by atoms with Crippen LogP contribution in [0.15, 0.2) is 52.7 Å². The molecule has 9 nitrogen and oxygen atoms in total. The summed E-state index contributed by atoms with van der Waals surface area (Å²) in [5, 5.41) is 28.5. The molecule has 3 heterocycles. The monoisotopic (exact) mass is 434 g/mol. The van der Waals surface area contributed by atoms with Crippen LogP contribution in [0.1, 0.15) is 12.5 Å². The zero-order chi connectivity index (χ0) is 22.6. The van der Waals surface area contributed by atoms with E-state index >= 15 is 0 Å². The molecule has 3 fully saturated rings. The molecule has 5 rings (SSSR count). The molecule has 2 aromatic rings. The Hall–Kier alpha value is -3.35. The molecule has 0 radical (unpaired) electrons. The van der Waals surface area contributed by atoms with Gasteiger partial charge in [0.05, 0.1) is 48.9 Å². The number of azo groups is 1. The molecule has 0 amide bonds. The molecular weight excluding hydrogens is 406 g/mol. The third-order valence-corrected chi connectivity index (χ3v) is 6.70. The SMILES string of the molecule is CCN(CC[N+]12CCN(CC1)CC2)c1ccc(N=Nc2ccc([N+](=O)[O-])cc2C#N)cc1. The van der Waals surface area contributed by atoms with Gasteiger partial charge < -0.3 is 9.38 Å². The second-order valence-corrected chi connectivity index (χ2v) is 8.44. The summed E-state index contributed by atoms with van der Waals surface area (Å²) in [4.78, 5) is 15.3. The lowest BCUT2D eigenvalue weighted by molar-refractivity contribution is -0.939. The lowest BCUT2D eigenvalue weighted by atomic mass is 10.1. The van der Waals surface area contributed by atoms with Gasteiger partial charge in [0.2, 0.25) is 0 Å². The number of likely N-dealkylation sites (N-methyl/N-ethyl adjacent to an activating group) is 1. The molecule has 0 aromatic heterocycles. The van der Waals surface area contributed by atoms with Gasteiger partial charge in [0.25, 0.3) is 5.69 Å². The lowest BCUT2D eigenvalue weighted by Crippen LogP contribution is -2.68. The summed E-state index contributed by atoms with van der Waals surface area (Å²) in [5.41, 5.74) is 2.13. The van der Waals surface area contributed by atoms with Crippen molar-refractivity contribution in [1.29, 1.82) is 5.26 Å². The minimum Gasteiger partial charge on any atom is -0.366 e. The highest BCUT2D eigenvalue weighted by Gasteiger charge is 2.38. The number of hydrogen-bond acceptors (Lipinski definition) is 7. The average Bonchev–Trinajstić information content (AvgIpc) is 2.84. The minimum absolute atomic E-state index is 0.128. The second-order valence-electron chi connectivity index (χ2n) is 8.44. The van der Waals surface area contributed by atoms with E-state index in [0.29, 0.717) is 11.4 Å². The topological polar surface area (TPSA) is 98.1 Å². The summed E-state index contributed by atoms with van der Waals surface area (Å²) in [5.74, 6) is 0. The van der Waals surface area contributed by atoms with Crippen molar-refractivity contribution in [3.05, 3.63) is 58.1 Å². The maximum atomic E-state index is 10.9. The smallest absolute Gasteiger partial charge is 0.270 e. The number of hydrogen-bond donors (Lipinski definition) is 0. The number of quaternary nitrogens is 1. The highest BCUT2D eigenvalue weighted by atomic mass is 16.6. The maximum Gasteiger partial charge on any atom is 0.270 e. The number of rotatable bonds is 8. The molecule has 0 N–H and O–H groups in total. The number of nitro benzene ring substituents is 1. The summed E-state index contributed by atoms with van der Waals surface area (Å²) >= 11 is 0. The van der Waals surface area contributed by atoms with Crippen LogP contribution in [0.3, 0.4) is 0 Å². The van der Waals surface area contributed by atoms with Crippen LogP contribution in [0.5, 0.6) is 0 Å². The van der Waals surface area contributed by atoms with E-state index in [-0.39, 0.29) is 11.3 Å². The predicted octanol–water partition coefficient (Wildman–Crippen LogP) is 3.85. The Morgan fingerprint density at radius 3 is 2.41 bits per heavy atom. The van der Waals surface area contributed by atoms with Crippen LogP contribution in [0.25, 0.3) is 0 Å². The summed E-state index contributed by atoms with van der Waals surface area (Å²) in [6, 6.07) is 13.8. The van der Waals surface area contributed by atoms with Gasteiger partial charge in [-0.3, -0.25) is 15.0 Å².